The topological polar surface area (TPSA) is 92.5 Å². The highest BCUT2D eigenvalue weighted by Crippen LogP contribution is 2.10. The number of nitrogens with zero attached hydrogens (tertiary/aromatic N) is 4. The van der Waals surface area contributed by atoms with Crippen molar-refractivity contribution < 1.29 is 14.6 Å². The molecule has 23 heavy (non-hydrogen) atoms. The van der Waals surface area contributed by atoms with Gasteiger partial charge in [-0.15, -0.1) is 5.10 Å². The third-order valence-electron chi connectivity index (χ3n) is 3.04. The first kappa shape index (κ1) is 19.4. The molecule has 0 bridgehead atoms. The molecule has 8 nitrogen and oxygen atoms in total. The predicted octanol–water partition coefficient (Wildman–Crippen LogP) is 1.01. The van der Waals surface area contributed by atoms with Gasteiger partial charge in [-0.1, -0.05) is 5.21 Å². The molecule has 8 heteroatoms. The van der Waals surface area contributed by atoms with Gasteiger partial charge in [-0.05, 0) is 40.7 Å². The quantitative estimate of drug-likeness (QED) is 0.658. The fourth-order valence-electron chi connectivity index (χ4n) is 1.95. The van der Waals surface area contributed by atoms with Gasteiger partial charge in [0.1, 0.15) is 5.60 Å². The van der Waals surface area contributed by atoms with E-state index in [1.807, 2.05) is 33.9 Å². The average molecular weight is 327 g/mol. The first-order valence-electron chi connectivity index (χ1n) is 8.04. The van der Waals surface area contributed by atoms with Crippen LogP contribution >= 0.6 is 0 Å². The van der Waals surface area contributed by atoms with E-state index in [2.05, 4.69) is 15.6 Å². The zero-order chi connectivity index (χ0) is 17.3. The van der Waals surface area contributed by atoms with E-state index in [-0.39, 0.29) is 12.7 Å². The van der Waals surface area contributed by atoms with Crippen molar-refractivity contribution in [2.45, 2.75) is 52.8 Å². The Hall–Kier alpha value is -1.67. The number of carbonyl (C=O) groups excluding carboxylic acids is 1. The van der Waals surface area contributed by atoms with Crippen molar-refractivity contribution in [3.05, 3.63) is 11.9 Å². The Kier molecular flexibility index (Phi) is 7.97. The van der Waals surface area contributed by atoms with Crippen molar-refractivity contribution in [1.82, 2.24) is 25.2 Å². The predicted molar refractivity (Wildman–Crippen MR) is 86.9 cm³/mol. The Labute approximate surface area is 137 Å². The summed E-state index contributed by atoms with van der Waals surface area (Å²) in [5, 5.41) is 20.0. The second kappa shape index (κ2) is 9.46. The standard InChI is InChI=1S/C15H29N5O3/c1-5-19(14(22)23-15(2,3)4)8-6-7-16-11-13-12-20(9-10-21)18-17-13/h12,16,21H,5-11H2,1-4H3. The van der Waals surface area contributed by atoms with Gasteiger partial charge in [0.15, 0.2) is 0 Å². The fraction of sp³-hybridized carbons (Fsp3) is 0.800. The molecule has 0 aliphatic heterocycles. The van der Waals surface area contributed by atoms with Crippen LogP contribution in [0.25, 0.3) is 0 Å². The summed E-state index contributed by atoms with van der Waals surface area (Å²) in [5.74, 6) is 0. The van der Waals surface area contributed by atoms with Crippen LogP contribution in [0.4, 0.5) is 4.79 Å². The summed E-state index contributed by atoms with van der Waals surface area (Å²) >= 11 is 0. The molecule has 1 amide bonds. The molecule has 0 aliphatic carbocycles. The molecule has 0 atom stereocenters. The number of rotatable bonds is 9. The maximum atomic E-state index is 12.0. The number of aromatic nitrogens is 3. The minimum Gasteiger partial charge on any atom is -0.444 e. The van der Waals surface area contributed by atoms with Crippen LogP contribution in [-0.4, -0.2) is 62.9 Å². The summed E-state index contributed by atoms with van der Waals surface area (Å²) < 4.78 is 6.98. The molecule has 0 fully saturated rings. The van der Waals surface area contributed by atoms with E-state index >= 15 is 0 Å². The Bertz CT molecular complexity index is 470. The van der Waals surface area contributed by atoms with Crippen molar-refractivity contribution in [2.75, 3.05) is 26.2 Å². The normalized spacial score (nSPS) is 11.5. The Balaban J connectivity index is 2.22. The van der Waals surface area contributed by atoms with Gasteiger partial charge in [-0.25, -0.2) is 9.48 Å². The monoisotopic (exact) mass is 327 g/mol. The molecule has 2 N–H and O–H groups in total. The number of carbonyl (C=O) groups is 1. The third kappa shape index (κ3) is 7.94. The molecular weight excluding hydrogens is 298 g/mol. The molecule has 0 aliphatic rings. The van der Waals surface area contributed by atoms with Gasteiger partial charge in [0.05, 0.1) is 18.8 Å². The van der Waals surface area contributed by atoms with Gasteiger partial charge in [0, 0.05) is 25.8 Å². The van der Waals surface area contributed by atoms with Crippen LogP contribution in [-0.2, 0) is 17.8 Å². The third-order valence-corrected chi connectivity index (χ3v) is 3.04. The molecule has 0 spiro atoms. The smallest absolute Gasteiger partial charge is 0.410 e. The highest BCUT2D eigenvalue weighted by Gasteiger charge is 2.20. The highest BCUT2D eigenvalue weighted by molar-refractivity contribution is 5.68. The number of aliphatic hydroxyl groups is 1. The summed E-state index contributed by atoms with van der Waals surface area (Å²) in [4.78, 5) is 13.7. The van der Waals surface area contributed by atoms with Crippen LogP contribution < -0.4 is 5.32 Å². The van der Waals surface area contributed by atoms with Gasteiger partial charge < -0.3 is 20.1 Å². The van der Waals surface area contributed by atoms with Crippen molar-refractivity contribution >= 4 is 6.09 Å². The van der Waals surface area contributed by atoms with E-state index in [1.54, 1.807) is 9.58 Å². The van der Waals surface area contributed by atoms with E-state index < -0.39 is 5.60 Å². The van der Waals surface area contributed by atoms with Gasteiger partial charge >= 0.3 is 6.09 Å². The molecule has 1 rings (SSSR count). The van der Waals surface area contributed by atoms with Crippen LogP contribution in [0.2, 0.25) is 0 Å². The lowest BCUT2D eigenvalue weighted by atomic mass is 10.2. The average Bonchev–Trinajstić information content (AvgIpc) is 2.89. The van der Waals surface area contributed by atoms with Crippen LogP contribution in [0, 0.1) is 0 Å². The molecule has 0 saturated carbocycles. The Morgan fingerprint density at radius 3 is 2.83 bits per heavy atom. The Morgan fingerprint density at radius 1 is 1.48 bits per heavy atom. The van der Waals surface area contributed by atoms with Gasteiger partial charge in [0.25, 0.3) is 0 Å². The van der Waals surface area contributed by atoms with E-state index in [9.17, 15) is 4.79 Å². The second-order valence-corrected chi connectivity index (χ2v) is 6.29. The molecule has 1 heterocycles. The van der Waals surface area contributed by atoms with Gasteiger partial charge in [0.2, 0.25) is 0 Å². The summed E-state index contributed by atoms with van der Waals surface area (Å²) in [7, 11) is 0. The maximum Gasteiger partial charge on any atom is 0.410 e. The molecule has 0 radical (unpaired) electrons. The SMILES string of the molecule is CCN(CCCNCc1cn(CCO)nn1)C(=O)OC(C)(C)C. The van der Waals surface area contributed by atoms with E-state index in [0.29, 0.717) is 26.2 Å². The minimum atomic E-state index is -0.469. The number of ether oxygens (including phenoxy) is 1. The lowest BCUT2D eigenvalue weighted by Gasteiger charge is -2.26. The molecule has 1 aromatic heterocycles. The van der Waals surface area contributed by atoms with E-state index in [1.165, 1.54) is 0 Å². The molecular formula is C15H29N5O3. The molecule has 1 aromatic rings. The van der Waals surface area contributed by atoms with E-state index in [4.69, 9.17) is 9.84 Å². The van der Waals surface area contributed by atoms with Crippen molar-refractivity contribution in [1.29, 1.82) is 0 Å². The van der Waals surface area contributed by atoms with Crippen LogP contribution in [0.5, 0.6) is 0 Å². The maximum absolute atomic E-state index is 12.0. The van der Waals surface area contributed by atoms with E-state index in [0.717, 1.165) is 18.7 Å². The lowest BCUT2D eigenvalue weighted by Crippen LogP contribution is -2.38. The number of amides is 1. The Morgan fingerprint density at radius 2 is 2.22 bits per heavy atom. The zero-order valence-corrected chi connectivity index (χ0v) is 14.6. The van der Waals surface area contributed by atoms with Crippen molar-refractivity contribution in [3.8, 4) is 0 Å². The van der Waals surface area contributed by atoms with Crippen LogP contribution in [0.3, 0.4) is 0 Å². The summed E-state index contributed by atoms with van der Waals surface area (Å²) in [6.07, 6.45) is 2.37. The summed E-state index contributed by atoms with van der Waals surface area (Å²) in [6.45, 7) is 10.7. The minimum absolute atomic E-state index is 0.0494. The van der Waals surface area contributed by atoms with Crippen LogP contribution in [0.1, 0.15) is 39.8 Å². The molecule has 0 saturated heterocycles. The van der Waals surface area contributed by atoms with Crippen LogP contribution in [0.15, 0.2) is 6.20 Å². The molecule has 0 aromatic carbocycles. The first-order valence-corrected chi connectivity index (χ1v) is 8.04. The number of aliphatic hydroxyl groups excluding tert-OH is 1. The zero-order valence-electron chi connectivity index (χ0n) is 14.6. The molecule has 132 valence electrons. The number of nitrogens with one attached hydrogen (secondary N) is 1. The van der Waals surface area contributed by atoms with Crippen molar-refractivity contribution in [3.63, 3.8) is 0 Å². The first-order chi connectivity index (χ1) is 10.9. The fourth-order valence-corrected chi connectivity index (χ4v) is 1.95. The second-order valence-electron chi connectivity index (χ2n) is 6.29. The lowest BCUT2D eigenvalue weighted by molar-refractivity contribution is 0.0258. The van der Waals surface area contributed by atoms with Gasteiger partial charge in [-0.2, -0.15) is 0 Å². The number of hydrogen-bond acceptors (Lipinski definition) is 6. The molecule has 0 unspecified atom stereocenters. The van der Waals surface area contributed by atoms with Gasteiger partial charge in [-0.3, -0.25) is 0 Å². The largest absolute Gasteiger partial charge is 0.444 e. The summed E-state index contributed by atoms with van der Waals surface area (Å²) in [6, 6.07) is 0. The number of hydrogen-bond donors (Lipinski definition) is 2. The summed E-state index contributed by atoms with van der Waals surface area (Å²) in [5.41, 5.74) is 0.362. The highest BCUT2D eigenvalue weighted by atomic mass is 16.6. The van der Waals surface area contributed by atoms with Crippen molar-refractivity contribution in [2.24, 2.45) is 0 Å².